The second-order valence-electron chi connectivity index (χ2n) is 3.49. The van der Waals surface area contributed by atoms with E-state index in [0.717, 1.165) is 25.2 Å². The number of hydrogen-bond donors (Lipinski definition) is 0. The number of unbranched alkanes of at least 4 members (excludes halogenated alkanes) is 2. The van der Waals surface area contributed by atoms with E-state index in [1.165, 1.54) is 12.2 Å². The maximum absolute atomic E-state index is 5.42. The van der Waals surface area contributed by atoms with Gasteiger partial charge in [0, 0.05) is 19.3 Å². The van der Waals surface area contributed by atoms with Crippen molar-refractivity contribution in [2.75, 3.05) is 51.6 Å². The molecule has 0 spiro atoms. The standard InChI is InChI=1S/C13H24O3S/c1-3-4-5-6-12-17-13-11-16-10-9-15-8-7-14-2/h1H,4-13H2,2H3. The summed E-state index contributed by atoms with van der Waals surface area (Å²) in [5, 5.41) is 0. The highest BCUT2D eigenvalue weighted by Crippen LogP contribution is 2.05. The van der Waals surface area contributed by atoms with Crippen LogP contribution in [0.5, 0.6) is 0 Å². The molecule has 3 nitrogen and oxygen atoms in total. The topological polar surface area (TPSA) is 27.7 Å². The Morgan fingerprint density at radius 1 is 0.941 bits per heavy atom. The zero-order chi connectivity index (χ0) is 12.6. The van der Waals surface area contributed by atoms with E-state index in [1.807, 2.05) is 11.8 Å². The molecule has 0 heterocycles. The molecule has 0 radical (unpaired) electrons. The summed E-state index contributed by atoms with van der Waals surface area (Å²) < 4.78 is 15.6. The average Bonchev–Trinajstić information content (AvgIpc) is 2.35. The van der Waals surface area contributed by atoms with Crippen LogP contribution in [0.25, 0.3) is 0 Å². The lowest BCUT2D eigenvalue weighted by atomic mass is 10.3. The Labute approximate surface area is 110 Å². The fraction of sp³-hybridized carbons (Fsp3) is 0.846. The third-order valence-corrected chi connectivity index (χ3v) is 3.07. The van der Waals surface area contributed by atoms with Gasteiger partial charge in [0.1, 0.15) is 0 Å². The second kappa shape index (κ2) is 15.8. The molecular formula is C13H24O3S. The molecule has 0 amide bonds. The summed E-state index contributed by atoms with van der Waals surface area (Å²) in [6.45, 7) is 3.41. The molecule has 0 aromatic rings. The van der Waals surface area contributed by atoms with Crippen LogP contribution in [0, 0.1) is 12.3 Å². The van der Waals surface area contributed by atoms with Gasteiger partial charge in [0.2, 0.25) is 0 Å². The van der Waals surface area contributed by atoms with Crippen molar-refractivity contribution in [2.45, 2.75) is 19.3 Å². The van der Waals surface area contributed by atoms with Gasteiger partial charge in [-0.15, -0.1) is 12.3 Å². The van der Waals surface area contributed by atoms with Gasteiger partial charge in [-0.2, -0.15) is 11.8 Å². The first kappa shape index (κ1) is 16.8. The lowest BCUT2D eigenvalue weighted by molar-refractivity contribution is 0.0286. The molecule has 17 heavy (non-hydrogen) atoms. The maximum Gasteiger partial charge on any atom is 0.0701 e. The van der Waals surface area contributed by atoms with E-state index >= 15 is 0 Å². The zero-order valence-electron chi connectivity index (χ0n) is 10.8. The van der Waals surface area contributed by atoms with Crippen molar-refractivity contribution in [3.05, 3.63) is 0 Å². The van der Waals surface area contributed by atoms with E-state index in [-0.39, 0.29) is 0 Å². The predicted molar refractivity (Wildman–Crippen MR) is 73.5 cm³/mol. The largest absolute Gasteiger partial charge is 0.382 e. The zero-order valence-corrected chi connectivity index (χ0v) is 11.6. The Kier molecular flexibility index (Phi) is 15.6. The van der Waals surface area contributed by atoms with Crippen molar-refractivity contribution in [1.29, 1.82) is 0 Å². The number of hydrogen-bond acceptors (Lipinski definition) is 4. The first-order valence-corrected chi connectivity index (χ1v) is 7.23. The third-order valence-electron chi connectivity index (χ3n) is 2.04. The summed E-state index contributed by atoms with van der Waals surface area (Å²) in [6.07, 6.45) is 8.41. The highest BCUT2D eigenvalue weighted by molar-refractivity contribution is 7.99. The van der Waals surface area contributed by atoms with Crippen LogP contribution < -0.4 is 0 Å². The quantitative estimate of drug-likeness (QED) is 0.375. The molecule has 0 aromatic carbocycles. The Balaban J connectivity index is 2.87. The van der Waals surface area contributed by atoms with E-state index in [9.17, 15) is 0 Å². The molecular weight excluding hydrogens is 236 g/mol. The van der Waals surface area contributed by atoms with E-state index in [4.69, 9.17) is 20.6 Å². The van der Waals surface area contributed by atoms with Gasteiger partial charge in [-0.25, -0.2) is 0 Å². The van der Waals surface area contributed by atoms with Crippen LogP contribution in [0.1, 0.15) is 19.3 Å². The van der Waals surface area contributed by atoms with Crippen LogP contribution in [0.3, 0.4) is 0 Å². The summed E-state index contributed by atoms with van der Waals surface area (Å²) in [5.74, 6) is 4.88. The number of thioether (sulfide) groups is 1. The highest BCUT2D eigenvalue weighted by atomic mass is 32.2. The van der Waals surface area contributed by atoms with Gasteiger partial charge in [-0.1, -0.05) is 0 Å². The molecule has 0 unspecified atom stereocenters. The minimum Gasteiger partial charge on any atom is -0.382 e. The third kappa shape index (κ3) is 15.8. The maximum atomic E-state index is 5.42. The summed E-state index contributed by atoms with van der Waals surface area (Å²) in [5.41, 5.74) is 0. The Morgan fingerprint density at radius 2 is 1.65 bits per heavy atom. The molecule has 0 aromatic heterocycles. The summed E-state index contributed by atoms with van der Waals surface area (Å²) in [6, 6.07) is 0. The van der Waals surface area contributed by atoms with Gasteiger partial charge in [-0.05, 0) is 18.6 Å². The van der Waals surface area contributed by atoms with Crippen LogP contribution in [0.4, 0.5) is 0 Å². The predicted octanol–water partition coefficient (Wildman–Crippen LogP) is 2.20. The lowest BCUT2D eigenvalue weighted by Gasteiger charge is -2.05. The van der Waals surface area contributed by atoms with Gasteiger partial charge in [0.25, 0.3) is 0 Å². The van der Waals surface area contributed by atoms with Gasteiger partial charge in [0.15, 0.2) is 0 Å². The minimum atomic E-state index is 0.643. The number of ether oxygens (including phenoxy) is 3. The molecule has 0 bridgehead atoms. The highest BCUT2D eigenvalue weighted by Gasteiger charge is 1.92. The van der Waals surface area contributed by atoms with Gasteiger partial charge in [-0.3, -0.25) is 0 Å². The van der Waals surface area contributed by atoms with E-state index in [2.05, 4.69) is 5.92 Å². The SMILES string of the molecule is C#CCCCCSCCOCCOCCOC. The molecule has 0 atom stereocenters. The second-order valence-corrected chi connectivity index (χ2v) is 4.72. The van der Waals surface area contributed by atoms with Crippen LogP contribution in [-0.2, 0) is 14.2 Å². The van der Waals surface area contributed by atoms with Crippen LogP contribution in [-0.4, -0.2) is 51.6 Å². The molecule has 4 heteroatoms. The van der Waals surface area contributed by atoms with Crippen LogP contribution >= 0.6 is 11.8 Å². The van der Waals surface area contributed by atoms with Crippen molar-refractivity contribution >= 4 is 11.8 Å². The smallest absolute Gasteiger partial charge is 0.0701 e. The molecule has 0 aliphatic carbocycles. The number of rotatable bonds is 13. The summed E-state index contributed by atoms with van der Waals surface area (Å²) in [4.78, 5) is 0. The number of methoxy groups -OCH3 is 1. The first-order chi connectivity index (χ1) is 8.41. The first-order valence-electron chi connectivity index (χ1n) is 6.07. The van der Waals surface area contributed by atoms with Crippen LogP contribution in [0.15, 0.2) is 0 Å². The van der Waals surface area contributed by atoms with Crippen molar-refractivity contribution in [1.82, 2.24) is 0 Å². The average molecular weight is 260 g/mol. The molecule has 0 aliphatic heterocycles. The normalized spacial score (nSPS) is 10.4. The van der Waals surface area contributed by atoms with Crippen LogP contribution in [0.2, 0.25) is 0 Å². The Hall–Kier alpha value is -0.210. The fourth-order valence-corrected chi connectivity index (χ4v) is 1.96. The Morgan fingerprint density at radius 3 is 2.35 bits per heavy atom. The lowest BCUT2D eigenvalue weighted by Crippen LogP contribution is -2.09. The van der Waals surface area contributed by atoms with Crippen molar-refractivity contribution in [2.24, 2.45) is 0 Å². The molecule has 0 rings (SSSR count). The van der Waals surface area contributed by atoms with Gasteiger partial charge < -0.3 is 14.2 Å². The van der Waals surface area contributed by atoms with Crippen molar-refractivity contribution < 1.29 is 14.2 Å². The van der Waals surface area contributed by atoms with Crippen molar-refractivity contribution in [3.8, 4) is 12.3 Å². The van der Waals surface area contributed by atoms with Crippen molar-refractivity contribution in [3.63, 3.8) is 0 Å². The van der Waals surface area contributed by atoms with Gasteiger partial charge in [0.05, 0.1) is 33.0 Å². The number of terminal acetylenes is 1. The molecule has 100 valence electrons. The molecule has 0 N–H and O–H groups in total. The van der Waals surface area contributed by atoms with Gasteiger partial charge >= 0.3 is 0 Å². The van der Waals surface area contributed by atoms with E-state index in [1.54, 1.807) is 7.11 Å². The monoisotopic (exact) mass is 260 g/mol. The summed E-state index contributed by atoms with van der Waals surface area (Å²) in [7, 11) is 1.67. The van der Waals surface area contributed by atoms with E-state index < -0.39 is 0 Å². The summed E-state index contributed by atoms with van der Waals surface area (Å²) >= 11 is 1.92. The molecule has 0 saturated heterocycles. The van der Waals surface area contributed by atoms with E-state index in [0.29, 0.717) is 26.4 Å². The molecule has 0 saturated carbocycles. The minimum absolute atomic E-state index is 0.643. The Bertz CT molecular complexity index is 180. The molecule has 0 fully saturated rings. The molecule has 0 aliphatic rings. The fourth-order valence-electron chi connectivity index (χ4n) is 1.12.